The Morgan fingerprint density at radius 2 is 1.81 bits per heavy atom. The highest BCUT2D eigenvalue weighted by Crippen LogP contribution is 2.45. The number of hydrogen-bond acceptors (Lipinski definition) is 5. The van der Waals surface area contributed by atoms with E-state index in [0.29, 0.717) is 10.6 Å². The number of benzene rings is 2. The number of rotatable bonds is 4. The fourth-order valence-corrected chi connectivity index (χ4v) is 3.19. The van der Waals surface area contributed by atoms with Crippen molar-refractivity contribution >= 4 is 34.5 Å². The molecule has 21 heavy (non-hydrogen) atoms. The van der Waals surface area contributed by atoms with Gasteiger partial charge >= 0.3 is 5.69 Å². The maximum Gasteiger partial charge on any atom is 0.318 e. The fraction of sp³-hybridized carbons (Fsp3) is 0.143. The molecule has 3 rings (SSSR count). The Morgan fingerprint density at radius 1 is 1.10 bits per heavy atom. The summed E-state index contributed by atoms with van der Waals surface area (Å²) >= 11 is 1.61. The molecule has 6 nitrogen and oxygen atoms in total. The Morgan fingerprint density at radius 3 is 2.52 bits per heavy atom. The van der Waals surface area contributed by atoms with Gasteiger partial charge in [0.2, 0.25) is 0 Å². The Balaban J connectivity index is 1.94. The molecule has 0 spiro atoms. The van der Waals surface area contributed by atoms with Gasteiger partial charge in [-0.25, -0.2) is 9.68 Å². The van der Waals surface area contributed by atoms with Crippen LogP contribution in [0.1, 0.15) is 0 Å². The topological polar surface area (TPSA) is 67.2 Å². The number of nitrogens with two attached hydrogens (primary N) is 1. The lowest BCUT2D eigenvalue weighted by atomic mass is 10.2. The van der Waals surface area contributed by atoms with Gasteiger partial charge in [0.25, 0.3) is 4.92 Å². The van der Waals surface area contributed by atoms with Crippen LogP contribution < -0.4 is 10.8 Å². The fourth-order valence-electron chi connectivity index (χ4n) is 2.12. The van der Waals surface area contributed by atoms with Crippen LogP contribution in [0.15, 0.2) is 46.2 Å². The molecule has 0 bridgehead atoms. The molecule has 0 amide bonds. The van der Waals surface area contributed by atoms with Crippen LogP contribution in [0.5, 0.6) is 0 Å². The number of hydrogen-bond donors (Lipinski definition) is 2. The Bertz CT molecular complexity index is 706. The summed E-state index contributed by atoms with van der Waals surface area (Å²) in [7, 11) is 2.97. The monoisotopic (exact) mass is 305 g/mol. The third-order valence-electron chi connectivity index (χ3n) is 3.09. The first-order valence-corrected chi connectivity index (χ1v) is 7.13. The lowest BCUT2D eigenvalue weighted by molar-refractivity contribution is -0.830. The highest BCUT2D eigenvalue weighted by atomic mass is 32.2. The maximum atomic E-state index is 11.5. The highest BCUT2D eigenvalue weighted by Gasteiger charge is 2.22. The number of anilines is 2. The van der Waals surface area contributed by atoms with Gasteiger partial charge in [-0.3, -0.25) is 0 Å². The van der Waals surface area contributed by atoms with Gasteiger partial charge in [0, 0.05) is 34.1 Å². The summed E-state index contributed by atoms with van der Waals surface area (Å²) < 4.78 is 0. The predicted molar refractivity (Wildman–Crippen MR) is 79.2 cm³/mol. The van der Waals surface area contributed by atoms with Gasteiger partial charge in [-0.15, -0.1) is 0 Å². The SMILES string of the molecule is CO[NH2+]c1ccc2c(c1)Sc1cc([N+](=O)OC)ccc1N2. The highest BCUT2D eigenvalue weighted by molar-refractivity contribution is 7.99. The lowest BCUT2D eigenvalue weighted by Gasteiger charge is -2.20. The van der Waals surface area contributed by atoms with E-state index in [-0.39, 0.29) is 0 Å². The van der Waals surface area contributed by atoms with Crippen molar-refractivity contribution in [2.24, 2.45) is 0 Å². The zero-order valence-electron chi connectivity index (χ0n) is 11.6. The van der Waals surface area contributed by atoms with Gasteiger partial charge in [0.15, 0.2) is 12.8 Å². The van der Waals surface area contributed by atoms with Crippen molar-refractivity contribution in [3.8, 4) is 0 Å². The summed E-state index contributed by atoms with van der Waals surface area (Å²) in [5, 5.41) is 3.36. The van der Waals surface area contributed by atoms with Crippen molar-refractivity contribution in [2.75, 3.05) is 19.5 Å². The zero-order valence-corrected chi connectivity index (χ0v) is 12.4. The maximum absolute atomic E-state index is 11.5. The third-order valence-corrected chi connectivity index (χ3v) is 4.21. The second kappa shape index (κ2) is 5.72. The van der Waals surface area contributed by atoms with Crippen LogP contribution in [-0.4, -0.2) is 19.1 Å². The van der Waals surface area contributed by atoms with E-state index in [1.54, 1.807) is 36.5 Å². The molecular formula is C14H15N3O3S+2. The molecule has 0 aliphatic carbocycles. The summed E-state index contributed by atoms with van der Waals surface area (Å²) in [5.41, 5.74) is 5.17. The van der Waals surface area contributed by atoms with E-state index < -0.39 is 0 Å². The Labute approximate surface area is 125 Å². The number of quaternary nitrogens is 1. The molecule has 0 saturated carbocycles. The summed E-state index contributed by atoms with van der Waals surface area (Å²) in [6.45, 7) is 0. The average Bonchev–Trinajstić information content (AvgIpc) is 2.52. The molecule has 0 radical (unpaired) electrons. The van der Waals surface area contributed by atoms with Crippen LogP contribution in [-0.2, 0) is 9.68 Å². The molecular weight excluding hydrogens is 290 g/mol. The third kappa shape index (κ3) is 2.71. The summed E-state index contributed by atoms with van der Waals surface area (Å²) in [6, 6.07) is 11.4. The van der Waals surface area contributed by atoms with Gasteiger partial charge in [-0.2, -0.15) is 5.48 Å². The average molecular weight is 305 g/mol. The number of fused-ring (bicyclic) bond motifs is 2. The Hall–Kier alpha value is -2.09. The van der Waals surface area contributed by atoms with Crippen LogP contribution >= 0.6 is 11.8 Å². The van der Waals surface area contributed by atoms with Crippen molar-refractivity contribution < 1.29 is 20.1 Å². The van der Waals surface area contributed by atoms with E-state index in [2.05, 4.69) is 10.2 Å². The quantitative estimate of drug-likeness (QED) is 0.573. The first kappa shape index (κ1) is 13.9. The molecule has 3 N–H and O–H groups in total. The second-order valence-corrected chi connectivity index (χ2v) is 5.54. The van der Waals surface area contributed by atoms with Crippen LogP contribution in [0.4, 0.5) is 22.7 Å². The van der Waals surface area contributed by atoms with Gasteiger partial charge in [0.05, 0.1) is 23.4 Å². The molecule has 2 aromatic rings. The minimum absolute atomic E-state index is 0.466. The van der Waals surface area contributed by atoms with Gasteiger partial charge < -0.3 is 5.32 Å². The van der Waals surface area contributed by atoms with Crippen LogP contribution in [0, 0.1) is 4.91 Å². The van der Waals surface area contributed by atoms with Crippen LogP contribution in [0.3, 0.4) is 0 Å². The summed E-state index contributed by atoms with van der Waals surface area (Å²) in [4.78, 5) is 23.8. The van der Waals surface area contributed by atoms with Gasteiger partial charge in [-0.1, -0.05) is 11.8 Å². The van der Waals surface area contributed by atoms with Crippen LogP contribution in [0.2, 0.25) is 0 Å². The molecule has 0 unspecified atom stereocenters. The zero-order chi connectivity index (χ0) is 14.8. The molecule has 7 heteroatoms. The van der Waals surface area contributed by atoms with E-state index in [1.807, 2.05) is 24.3 Å². The molecule has 1 aliphatic heterocycles. The minimum atomic E-state index is 0.466. The molecule has 108 valence electrons. The predicted octanol–water partition coefficient (Wildman–Crippen LogP) is 2.62. The second-order valence-electron chi connectivity index (χ2n) is 4.46. The molecule has 0 atom stereocenters. The Kier molecular flexibility index (Phi) is 3.78. The van der Waals surface area contributed by atoms with E-state index in [1.165, 1.54) is 7.11 Å². The molecule has 2 aromatic carbocycles. The number of nitrogens with zero attached hydrogens (tertiary/aromatic N) is 1. The van der Waals surface area contributed by atoms with Crippen LogP contribution in [0.25, 0.3) is 0 Å². The standard InChI is InChI=1S/C14H14N3O3S/c1-19-16-9-3-5-11-13(7-9)21-14-8-10(17(18)20-2)4-6-12(14)15-11/h3-8,15-16H,1-2H3/q+1/p+1. The van der Waals surface area contributed by atoms with E-state index in [9.17, 15) is 4.91 Å². The van der Waals surface area contributed by atoms with Crippen molar-refractivity contribution in [2.45, 2.75) is 9.79 Å². The molecule has 0 aromatic heterocycles. The van der Waals surface area contributed by atoms with Crippen molar-refractivity contribution in [3.05, 3.63) is 41.3 Å². The van der Waals surface area contributed by atoms with Gasteiger partial charge in [-0.05, 0) is 12.1 Å². The summed E-state index contributed by atoms with van der Waals surface area (Å²) in [6.07, 6.45) is 0. The van der Waals surface area contributed by atoms with E-state index in [0.717, 1.165) is 26.9 Å². The van der Waals surface area contributed by atoms with E-state index >= 15 is 0 Å². The minimum Gasteiger partial charge on any atom is -0.354 e. The lowest BCUT2D eigenvalue weighted by Crippen LogP contribution is -2.75. The van der Waals surface area contributed by atoms with Crippen molar-refractivity contribution in [1.29, 1.82) is 0 Å². The van der Waals surface area contributed by atoms with Crippen molar-refractivity contribution in [3.63, 3.8) is 0 Å². The first-order valence-electron chi connectivity index (χ1n) is 6.31. The van der Waals surface area contributed by atoms with Gasteiger partial charge in [0.1, 0.15) is 0 Å². The normalized spacial score (nSPS) is 12.1. The molecule has 0 saturated heterocycles. The molecule has 0 fully saturated rings. The summed E-state index contributed by atoms with van der Waals surface area (Å²) in [5.74, 6) is 0. The van der Waals surface area contributed by atoms with E-state index in [4.69, 9.17) is 4.84 Å². The molecule has 1 aliphatic rings. The smallest absolute Gasteiger partial charge is 0.318 e. The first-order chi connectivity index (χ1) is 10.2. The molecule has 1 heterocycles. The largest absolute Gasteiger partial charge is 0.354 e. The van der Waals surface area contributed by atoms with Crippen molar-refractivity contribution in [1.82, 2.24) is 0 Å². The number of nitrogens with one attached hydrogen (secondary N) is 1.